The molecule has 2 aliphatic rings. The molecule has 0 bridgehead atoms. The molecular weight excluding hydrogens is 573 g/mol. The molecule has 1 unspecified atom stereocenters. The van der Waals surface area contributed by atoms with Crippen molar-refractivity contribution in [1.29, 1.82) is 0 Å². The van der Waals surface area contributed by atoms with Crippen LogP contribution in [0.2, 0.25) is 0 Å². The highest BCUT2D eigenvalue weighted by Crippen LogP contribution is 2.57. The zero-order valence-corrected chi connectivity index (χ0v) is 25.9. The zero-order chi connectivity index (χ0) is 30.2. The lowest BCUT2D eigenvalue weighted by Crippen LogP contribution is -2.28. The summed E-state index contributed by atoms with van der Waals surface area (Å²) >= 11 is 1.89. The van der Waals surface area contributed by atoms with E-state index in [1.807, 2.05) is 11.8 Å². The maximum absolute atomic E-state index is 2.48. The average molecular weight is 601 g/mol. The maximum Gasteiger partial charge on any atom is 0.0713 e. The fourth-order valence-electron chi connectivity index (χ4n) is 8.10. The highest BCUT2D eigenvalue weighted by molar-refractivity contribution is 7.99. The van der Waals surface area contributed by atoms with Gasteiger partial charge in [-0.15, -0.1) is 0 Å². The molecule has 10 rings (SSSR count). The molecule has 1 heteroatoms. The Morgan fingerprint density at radius 2 is 1.04 bits per heavy atom. The van der Waals surface area contributed by atoms with Crippen molar-refractivity contribution in [1.82, 2.24) is 0 Å². The van der Waals surface area contributed by atoms with Crippen molar-refractivity contribution in [2.45, 2.75) is 15.2 Å². The SMILES string of the molecule is c1ccc(C2(c3ccc4ccccc4c3)c3ccccc3-c3ccc(-c4ccc5c(c4)-c4cccc6cccc(c46)S5)cc32)cc1. The Hall–Kier alpha value is -5.37. The van der Waals surface area contributed by atoms with Gasteiger partial charge < -0.3 is 0 Å². The summed E-state index contributed by atoms with van der Waals surface area (Å²) in [5.41, 5.74) is 12.6. The molecule has 8 aromatic carbocycles. The summed E-state index contributed by atoms with van der Waals surface area (Å²) in [5, 5.41) is 5.19. The van der Waals surface area contributed by atoms with Crippen LogP contribution in [-0.4, -0.2) is 0 Å². The molecule has 8 aromatic rings. The van der Waals surface area contributed by atoms with E-state index in [4.69, 9.17) is 0 Å². The van der Waals surface area contributed by atoms with Gasteiger partial charge in [-0.25, -0.2) is 0 Å². The van der Waals surface area contributed by atoms with Gasteiger partial charge >= 0.3 is 0 Å². The highest BCUT2D eigenvalue weighted by Gasteiger charge is 2.46. The molecule has 0 aromatic heterocycles. The quantitative estimate of drug-likeness (QED) is 0.194. The van der Waals surface area contributed by atoms with Crippen LogP contribution in [0.1, 0.15) is 22.3 Å². The molecule has 0 amide bonds. The molecule has 1 aliphatic heterocycles. The molecule has 214 valence electrons. The Morgan fingerprint density at radius 1 is 0.348 bits per heavy atom. The summed E-state index contributed by atoms with van der Waals surface area (Å²) in [6, 6.07) is 63.4. The third-order valence-electron chi connectivity index (χ3n) is 10.1. The largest absolute Gasteiger partial charge is 0.0888 e. The first kappa shape index (κ1) is 25.9. The topological polar surface area (TPSA) is 0 Å². The van der Waals surface area contributed by atoms with Crippen LogP contribution in [0.5, 0.6) is 0 Å². The first-order valence-corrected chi connectivity index (χ1v) is 16.7. The van der Waals surface area contributed by atoms with Gasteiger partial charge in [-0.1, -0.05) is 151 Å². The average Bonchev–Trinajstić information content (AvgIpc) is 3.42. The third-order valence-corrected chi connectivity index (χ3v) is 11.3. The predicted molar refractivity (Wildman–Crippen MR) is 194 cm³/mol. The lowest BCUT2D eigenvalue weighted by atomic mass is 9.67. The molecule has 1 heterocycles. The zero-order valence-electron chi connectivity index (χ0n) is 25.1. The van der Waals surface area contributed by atoms with Crippen LogP contribution >= 0.6 is 11.8 Å². The van der Waals surface area contributed by atoms with E-state index in [2.05, 4.69) is 170 Å². The van der Waals surface area contributed by atoms with E-state index in [-0.39, 0.29) is 0 Å². The Bertz CT molecular complexity index is 2500. The molecule has 0 nitrogen and oxygen atoms in total. The smallest absolute Gasteiger partial charge is 0.0713 e. The summed E-state index contributed by atoms with van der Waals surface area (Å²) in [5.74, 6) is 0. The van der Waals surface area contributed by atoms with E-state index >= 15 is 0 Å². The van der Waals surface area contributed by atoms with Gasteiger partial charge in [-0.3, -0.25) is 0 Å². The monoisotopic (exact) mass is 600 g/mol. The van der Waals surface area contributed by atoms with E-state index in [0.29, 0.717) is 0 Å². The van der Waals surface area contributed by atoms with Crippen LogP contribution in [0, 0.1) is 0 Å². The Kier molecular flexibility index (Phi) is 5.53. The first-order valence-electron chi connectivity index (χ1n) is 15.9. The van der Waals surface area contributed by atoms with Crippen molar-refractivity contribution in [3.8, 4) is 33.4 Å². The number of hydrogen-bond acceptors (Lipinski definition) is 1. The number of hydrogen-bond donors (Lipinski definition) is 0. The van der Waals surface area contributed by atoms with Crippen molar-refractivity contribution >= 4 is 33.3 Å². The van der Waals surface area contributed by atoms with Gasteiger partial charge in [-0.2, -0.15) is 0 Å². The molecule has 0 N–H and O–H groups in total. The van der Waals surface area contributed by atoms with Gasteiger partial charge in [0.15, 0.2) is 0 Å². The number of benzene rings is 8. The molecule has 0 saturated carbocycles. The predicted octanol–water partition coefficient (Wildman–Crippen LogP) is 12.2. The fourth-order valence-corrected chi connectivity index (χ4v) is 9.23. The van der Waals surface area contributed by atoms with Crippen LogP contribution < -0.4 is 0 Å². The van der Waals surface area contributed by atoms with Crippen LogP contribution in [0.3, 0.4) is 0 Å². The standard InChI is InChI=1S/C45H28S/c1-2-14-34(15-3-1)45(35-23-20-29-10-4-5-11-31(29)26-35)40-18-7-6-16-36(40)37-24-21-33(28-41(37)45)32-22-25-42-39(27-32)38-17-8-12-30-13-9-19-43(46-42)44(30)38/h1-28H. The highest BCUT2D eigenvalue weighted by atomic mass is 32.2. The Morgan fingerprint density at radius 3 is 1.96 bits per heavy atom. The van der Waals surface area contributed by atoms with E-state index in [1.165, 1.54) is 87.0 Å². The lowest BCUT2D eigenvalue weighted by Gasteiger charge is -2.34. The second-order valence-corrected chi connectivity index (χ2v) is 13.5. The molecule has 0 saturated heterocycles. The summed E-state index contributed by atoms with van der Waals surface area (Å²) in [4.78, 5) is 2.66. The van der Waals surface area contributed by atoms with E-state index < -0.39 is 5.41 Å². The lowest BCUT2D eigenvalue weighted by molar-refractivity contribution is 0.770. The molecule has 0 spiro atoms. The summed E-state index contributed by atoms with van der Waals surface area (Å²) in [6.45, 7) is 0. The minimum Gasteiger partial charge on any atom is -0.0888 e. The Balaban J connectivity index is 1.23. The van der Waals surface area contributed by atoms with Gasteiger partial charge in [0.25, 0.3) is 0 Å². The van der Waals surface area contributed by atoms with Gasteiger partial charge in [0, 0.05) is 15.2 Å². The number of rotatable bonds is 3. The van der Waals surface area contributed by atoms with Gasteiger partial charge in [0.1, 0.15) is 0 Å². The van der Waals surface area contributed by atoms with E-state index in [1.54, 1.807) is 0 Å². The molecule has 0 radical (unpaired) electrons. The molecule has 1 aliphatic carbocycles. The first-order chi connectivity index (χ1) is 22.8. The number of fused-ring (bicyclic) bond motifs is 6. The van der Waals surface area contributed by atoms with E-state index in [9.17, 15) is 0 Å². The maximum atomic E-state index is 2.48. The molecule has 46 heavy (non-hydrogen) atoms. The molecular formula is C45H28S. The van der Waals surface area contributed by atoms with Crippen molar-refractivity contribution in [3.63, 3.8) is 0 Å². The summed E-state index contributed by atoms with van der Waals surface area (Å²) in [7, 11) is 0. The Labute approximate surface area is 273 Å². The van der Waals surface area contributed by atoms with Crippen LogP contribution in [0.25, 0.3) is 54.9 Å². The van der Waals surface area contributed by atoms with Gasteiger partial charge in [0.2, 0.25) is 0 Å². The third kappa shape index (κ3) is 3.58. The van der Waals surface area contributed by atoms with Gasteiger partial charge in [-0.05, 0) is 102 Å². The minimum absolute atomic E-state index is 0.443. The van der Waals surface area contributed by atoms with Crippen molar-refractivity contribution in [2.75, 3.05) is 0 Å². The van der Waals surface area contributed by atoms with E-state index in [0.717, 1.165) is 0 Å². The van der Waals surface area contributed by atoms with Crippen molar-refractivity contribution in [2.24, 2.45) is 0 Å². The summed E-state index contributed by atoms with van der Waals surface area (Å²) < 4.78 is 0. The van der Waals surface area contributed by atoms with Crippen LogP contribution in [0.15, 0.2) is 180 Å². The van der Waals surface area contributed by atoms with Crippen molar-refractivity contribution < 1.29 is 0 Å². The van der Waals surface area contributed by atoms with Crippen LogP contribution in [0.4, 0.5) is 0 Å². The normalized spacial score (nSPS) is 15.8. The van der Waals surface area contributed by atoms with Crippen molar-refractivity contribution in [3.05, 3.63) is 192 Å². The van der Waals surface area contributed by atoms with Gasteiger partial charge in [0.05, 0.1) is 5.41 Å². The second-order valence-electron chi connectivity index (χ2n) is 12.5. The minimum atomic E-state index is -0.443. The fraction of sp³-hybridized carbons (Fsp3) is 0.0222. The molecule has 0 fully saturated rings. The van der Waals surface area contributed by atoms with Crippen LogP contribution in [-0.2, 0) is 5.41 Å². The summed E-state index contributed by atoms with van der Waals surface area (Å²) in [6.07, 6.45) is 0. The molecule has 1 atom stereocenters. The second kappa shape index (κ2) is 9.81.